The van der Waals surface area contributed by atoms with Crippen LogP contribution in [-0.4, -0.2) is 36.1 Å². The molecule has 3 rings (SSSR count). The van der Waals surface area contributed by atoms with E-state index in [1.54, 1.807) is 0 Å². The van der Waals surface area contributed by atoms with E-state index in [1.165, 1.54) is 31.4 Å². The molecule has 2 heterocycles. The molecule has 0 aromatic carbocycles. The molecule has 0 amide bonds. The number of nitrogens with one attached hydrogen (secondary N) is 1. The van der Waals surface area contributed by atoms with Crippen molar-refractivity contribution in [3.63, 3.8) is 0 Å². The lowest BCUT2D eigenvalue weighted by atomic mass is 9.94. The Morgan fingerprint density at radius 1 is 1.39 bits per heavy atom. The second-order valence-electron chi connectivity index (χ2n) is 5.46. The number of halogens is 1. The van der Waals surface area contributed by atoms with Gasteiger partial charge >= 0.3 is 0 Å². The number of nitrogens with zero attached hydrogens (tertiary/aromatic N) is 2. The van der Waals surface area contributed by atoms with Gasteiger partial charge < -0.3 is 5.32 Å². The molecule has 1 saturated heterocycles. The normalized spacial score (nSPS) is 28.8. The van der Waals surface area contributed by atoms with Gasteiger partial charge in [-0.25, -0.2) is 0 Å². The van der Waals surface area contributed by atoms with E-state index in [1.807, 2.05) is 12.4 Å². The summed E-state index contributed by atoms with van der Waals surface area (Å²) in [4.78, 5) is 7.04. The molecule has 1 aromatic rings. The summed E-state index contributed by atoms with van der Waals surface area (Å²) in [6.45, 7) is 2.34. The Hall–Kier alpha value is -0.450. The summed E-state index contributed by atoms with van der Waals surface area (Å²) >= 11 is 3.54. The van der Waals surface area contributed by atoms with Gasteiger partial charge in [-0.05, 0) is 72.9 Å². The minimum atomic E-state index is 0.551. The SMILES string of the molecule is CNCC1CCN(C2CC2)C1c1cncc(Br)c1. The van der Waals surface area contributed by atoms with E-state index in [-0.39, 0.29) is 0 Å². The molecule has 18 heavy (non-hydrogen) atoms. The third-order valence-corrected chi connectivity index (χ3v) is 4.55. The summed E-state index contributed by atoms with van der Waals surface area (Å²) in [7, 11) is 2.05. The van der Waals surface area contributed by atoms with E-state index in [2.05, 4.69) is 44.2 Å². The van der Waals surface area contributed by atoms with E-state index in [0.29, 0.717) is 12.0 Å². The van der Waals surface area contributed by atoms with Crippen molar-refractivity contribution in [2.24, 2.45) is 5.92 Å². The Bertz CT molecular complexity index is 419. The van der Waals surface area contributed by atoms with Crippen molar-refractivity contribution >= 4 is 15.9 Å². The highest BCUT2D eigenvalue weighted by atomic mass is 79.9. The Morgan fingerprint density at radius 3 is 2.89 bits per heavy atom. The molecular formula is C14H20BrN3. The lowest BCUT2D eigenvalue weighted by molar-refractivity contribution is 0.217. The molecule has 1 aliphatic carbocycles. The van der Waals surface area contributed by atoms with Gasteiger partial charge in [-0.3, -0.25) is 9.88 Å². The predicted octanol–water partition coefficient (Wildman–Crippen LogP) is 2.59. The van der Waals surface area contributed by atoms with Crippen LogP contribution in [0.25, 0.3) is 0 Å². The van der Waals surface area contributed by atoms with Crippen LogP contribution in [-0.2, 0) is 0 Å². The fourth-order valence-corrected chi connectivity index (χ4v) is 3.61. The molecule has 2 aliphatic rings. The fraction of sp³-hybridized carbons (Fsp3) is 0.643. The van der Waals surface area contributed by atoms with Crippen molar-refractivity contribution in [3.8, 4) is 0 Å². The van der Waals surface area contributed by atoms with E-state index in [0.717, 1.165) is 17.1 Å². The van der Waals surface area contributed by atoms with Gasteiger partial charge in [0.15, 0.2) is 0 Å². The summed E-state index contributed by atoms with van der Waals surface area (Å²) in [5.41, 5.74) is 1.37. The third kappa shape index (κ3) is 2.46. The van der Waals surface area contributed by atoms with Crippen molar-refractivity contribution in [2.75, 3.05) is 20.1 Å². The van der Waals surface area contributed by atoms with E-state index in [4.69, 9.17) is 0 Å². The molecule has 2 atom stereocenters. The van der Waals surface area contributed by atoms with Gasteiger partial charge in [-0.15, -0.1) is 0 Å². The lowest BCUT2D eigenvalue weighted by Crippen LogP contribution is -2.30. The van der Waals surface area contributed by atoms with Crippen LogP contribution in [0.1, 0.15) is 30.9 Å². The average Bonchev–Trinajstić information content (AvgIpc) is 3.12. The molecule has 3 nitrogen and oxygen atoms in total. The quantitative estimate of drug-likeness (QED) is 0.926. The van der Waals surface area contributed by atoms with Crippen LogP contribution >= 0.6 is 15.9 Å². The molecule has 1 N–H and O–H groups in total. The number of hydrogen-bond donors (Lipinski definition) is 1. The minimum Gasteiger partial charge on any atom is -0.319 e. The molecular weight excluding hydrogens is 290 g/mol. The first kappa shape index (κ1) is 12.6. The first-order valence-corrected chi connectivity index (χ1v) is 7.59. The Kier molecular flexibility index (Phi) is 3.68. The highest BCUT2D eigenvalue weighted by molar-refractivity contribution is 9.10. The maximum absolute atomic E-state index is 4.34. The summed E-state index contributed by atoms with van der Waals surface area (Å²) in [6, 6.07) is 3.62. The molecule has 4 heteroatoms. The zero-order chi connectivity index (χ0) is 12.5. The second-order valence-corrected chi connectivity index (χ2v) is 6.37. The number of rotatable bonds is 4. The maximum atomic E-state index is 4.34. The van der Waals surface area contributed by atoms with Gasteiger partial charge in [0, 0.05) is 29.0 Å². The standard InChI is InChI=1S/C14H20BrN3/c1-16-7-10-4-5-18(13-2-3-13)14(10)11-6-12(15)9-17-8-11/h6,8-10,13-14,16H,2-5,7H2,1H3. The number of likely N-dealkylation sites (tertiary alicyclic amines) is 1. The minimum absolute atomic E-state index is 0.551. The summed E-state index contributed by atoms with van der Waals surface area (Å²) < 4.78 is 1.09. The summed E-state index contributed by atoms with van der Waals surface area (Å²) in [5.74, 6) is 0.715. The van der Waals surface area contributed by atoms with E-state index in [9.17, 15) is 0 Å². The van der Waals surface area contributed by atoms with Crippen LogP contribution in [0.4, 0.5) is 0 Å². The molecule has 2 unspecified atom stereocenters. The maximum Gasteiger partial charge on any atom is 0.0410 e. The smallest absolute Gasteiger partial charge is 0.0410 e. The number of hydrogen-bond acceptors (Lipinski definition) is 3. The molecule has 1 saturated carbocycles. The Morgan fingerprint density at radius 2 is 2.22 bits per heavy atom. The zero-order valence-corrected chi connectivity index (χ0v) is 12.4. The van der Waals surface area contributed by atoms with E-state index < -0.39 is 0 Å². The average molecular weight is 310 g/mol. The van der Waals surface area contributed by atoms with Crippen molar-refractivity contribution in [2.45, 2.75) is 31.3 Å². The van der Waals surface area contributed by atoms with Crippen LogP contribution in [0.3, 0.4) is 0 Å². The van der Waals surface area contributed by atoms with Gasteiger partial charge in [0.1, 0.15) is 0 Å². The third-order valence-electron chi connectivity index (χ3n) is 4.11. The van der Waals surface area contributed by atoms with Crippen LogP contribution in [0.2, 0.25) is 0 Å². The van der Waals surface area contributed by atoms with Gasteiger partial charge in [0.05, 0.1) is 0 Å². The fourth-order valence-electron chi connectivity index (χ4n) is 3.23. The highest BCUT2D eigenvalue weighted by Gasteiger charge is 2.42. The van der Waals surface area contributed by atoms with Crippen LogP contribution in [0.5, 0.6) is 0 Å². The van der Waals surface area contributed by atoms with Gasteiger partial charge in [0.2, 0.25) is 0 Å². The monoisotopic (exact) mass is 309 g/mol. The summed E-state index contributed by atoms with van der Waals surface area (Å²) in [5, 5.41) is 3.35. The Labute approximate surface area is 117 Å². The molecule has 98 valence electrons. The lowest BCUT2D eigenvalue weighted by Gasteiger charge is -2.28. The molecule has 0 bridgehead atoms. The molecule has 0 radical (unpaired) electrons. The molecule has 1 aliphatic heterocycles. The second kappa shape index (κ2) is 5.27. The molecule has 1 aromatic heterocycles. The van der Waals surface area contributed by atoms with Gasteiger partial charge in [0.25, 0.3) is 0 Å². The Balaban J connectivity index is 1.87. The van der Waals surface area contributed by atoms with Crippen LogP contribution in [0, 0.1) is 5.92 Å². The number of pyridine rings is 1. The van der Waals surface area contributed by atoms with Gasteiger partial charge in [-0.2, -0.15) is 0 Å². The van der Waals surface area contributed by atoms with Crippen LogP contribution in [0.15, 0.2) is 22.9 Å². The topological polar surface area (TPSA) is 28.2 Å². The van der Waals surface area contributed by atoms with Crippen molar-refractivity contribution in [1.82, 2.24) is 15.2 Å². The highest BCUT2D eigenvalue weighted by Crippen LogP contribution is 2.44. The first-order valence-electron chi connectivity index (χ1n) is 6.80. The largest absolute Gasteiger partial charge is 0.319 e. The molecule has 2 fully saturated rings. The van der Waals surface area contributed by atoms with Crippen molar-refractivity contribution < 1.29 is 0 Å². The van der Waals surface area contributed by atoms with Crippen molar-refractivity contribution in [3.05, 3.63) is 28.5 Å². The number of aromatic nitrogens is 1. The van der Waals surface area contributed by atoms with Crippen LogP contribution < -0.4 is 5.32 Å². The van der Waals surface area contributed by atoms with Gasteiger partial charge in [-0.1, -0.05) is 0 Å². The van der Waals surface area contributed by atoms with E-state index >= 15 is 0 Å². The predicted molar refractivity (Wildman–Crippen MR) is 76.4 cm³/mol. The molecule has 0 spiro atoms. The van der Waals surface area contributed by atoms with Crippen molar-refractivity contribution in [1.29, 1.82) is 0 Å². The summed E-state index contributed by atoms with van der Waals surface area (Å²) in [6.07, 6.45) is 7.97. The first-order chi connectivity index (χ1) is 8.79. The zero-order valence-electron chi connectivity index (χ0n) is 10.8.